The van der Waals surface area contributed by atoms with Crippen LogP contribution in [0.4, 0.5) is 0 Å². The van der Waals surface area contributed by atoms with Gasteiger partial charge in [-0.2, -0.15) is 0 Å². The van der Waals surface area contributed by atoms with Crippen LogP contribution in [0.3, 0.4) is 0 Å². The lowest BCUT2D eigenvalue weighted by Gasteiger charge is -2.30. The van der Waals surface area contributed by atoms with Gasteiger partial charge in [0.05, 0.1) is 4.21 Å². The monoisotopic (exact) mass is 422 g/mol. The molecule has 3 aromatic rings. The van der Waals surface area contributed by atoms with Gasteiger partial charge < -0.3 is 15.1 Å². The van der Waals surface area contributed by atoms with Crippen LogP contribution >= 0.6 is 35.5 Å². The van der Waals surface area contributed by atoms with E-state index in [1.165, 1.54) is 4.21 Å². The van der Waals surface area contributed by atoms with Crippen molar-refractivity contribution in [3.63, 3.8) is 0 Å². The van der Waals surface area contributed by atoms with Gasteiger partial charge in [0.25, 0.3) is 5.91 Å². The molecule has 1 aliphatic heterocycles. The van der Waals surface area contributed by atoms with Crippen molar-refractivity contribution in [3.8, 4) is 0 Å². The Balaban J connectivity index is 0.00000210. The number of carbonyl (C=O) groups excluding carboxylic acids is 1. The Morgan fingerprint density at radius 1 is 1.33 bits per heavy atom. The fraction of sp³-hybridized carbons (Fsp3) is 0.350. The molecule has 0 aliphatic carbocycles. The maximum atomic E-state index is 13.0. The van der Waals surface area contributed by atoms with Crippen LogP contribution in [0, 0.1) is 5.92 Å². The van der Waals surface area contributed by atoms with E-state index >= 15 is 0 Å². The molecule has 4 nitrogen and oxygen atoms in total. The lowest BCUT2D eigenvalue weighted by molar-refractivity contribution is 0.0887. The highest BCUT2D eigenvalue weighted by molar-refractivity contribution is 8.00. The first-order valence-corrected chi connectivity index (χ1v) is 10.8. The van der Waals surface area contributed by atoms with E-state index in [0.29, 0.717) is 11.7 Å². The van der Waals surface area contributed by atoms with E-state index in [1.807, 2.05) is 30.3 Å². The predicted octanol–water partition coefficient (Wildman–Crippen LogP) is 4.94. The van der Waals surface area contributed by atoms with Gasteiger partial charge in [-0.3, -0.25) is 4.79 Å². The number of piperidine rings is 1. The van der Waals surface area contributed by atoms with Crippen molar-refractivity contribution in [2.75, 3.05) is 13.1 Å². The first-order valence-electron chi connectivity index (χ1n) is 8.90. The zero-order chi connectivity index (χ0) is 17.9. The molecule has 0 spiro atoms. The topological polar surface area (TPSA) is 54.3 Å². The molecule has 3 heterocycles. The number of fused-ring (bicyclic) bond motifs is 1. The Bertz CT molecular complexity index is 895. The third-order valence-electron chi connectivity index (χ3n) is 4.86. The molecule has 1 aliphatic rings. The van der Waals surface area contributed by atoms with E-state index in [9.17, 15) is 4.79 Å². The van der Waals surface area contributed by atoms with Crippen LogP contribution in [-0.2, 0) is 5.75 Å². The number of halogens is 1. The maximum absolute atomic E-state index is 13.0. The molecule has 4 rings (SSSR count). The summed E-state index contributed by atoms with van der Waals surface area (Å²) in [4.78, 5) is 13.0. The summed E-state index contributed by atoms with van der Waals surface area (Å²) in [5.41, 5.74) is 1.76. The molecule has 0 bridgehead atoms. The molecule has 0 radical (unpaired) electrons. The van der Waals surface area contributed by atoms with E-state index in [2.05, 4.69) is 29.0 Å². The molecule has 2 aromatic heterocycles. The van der Waals surface area contributed by atoms with E-state index < -0.39 is 0 Å². The number of nitrogens with one attached hydrogen (secondary N) is 2. The molecule has 7 heteroatoms. The van der Waals surface area contributed by atoms with Crippen molar-refractivity contribution in [1.29, 1.82) is 0 Å². The Hall–Kier alpha value is -1.47. The molecule has 2 unspecified atom stereocenters. The summed E-state index contributed by atoms with van der Waals surface area (Å²) in [7, 11) is 0. The first-order chi connectivity index (χ1) is 12.7. The number of hydrogen-bond donors (Lipinski definition) is 2. The number of hydrogen-bond acceptors (Lipinski definition) is 5. The van der Waals surface area contributed by atoms with Crippen LogP contribution < -0.4 is 10.6 Å². The summed E-state index contributed by atoms with van der Waals surface area (Å²) >= 11 is 3.46. The Kier molecular flexibility index (Phi) is 6.87. The molecule has 1 aromatic carbocycles. The normalized spacial score (nSPS) is 19.6. The third kappa shape index (κ3) is 4.51. The van der Waals surface area contributed by atoms with Crippen molar-refractivity contribution < 1.29 is 9.21 Å². The number of thiophene rings is 1. The Morgan fingerprint density at radius 2 is 2.19 bits per heavy atom. The second kappa shape index (κ2) is 9.15. The standard InChI is InChI=1S/C20H22N2O2S2.ClH/c1-13-11-21-9-8-16(13)22-20(23)19-15(12-26-18-7-4-10-25-18)14-5-2-3-6-17(14)24-19;/h2-7,10,13,16,21H,8-9,11-12H2,1H3,(H,22,23);1H. The number of carbonyl (C=O) groups is 1. The quantitative estimate of drug-likeness (QED) is 0.572. The van der Waals surface area contributed by atoms with Gasteiger partial charge >= 0.3 is 0 Å². The fourth-order valence-electron chi connectivity index (χ4n) is 3.38. The molecule has 2 atom stereocenters. The van der Waals surface area contributed by atoms with Gasteiger partial charge in [0.15, 0.2) is 5.76 Å². The van der Waals surface area contributed by atoms with E-state index in [0.717, 1.165) is 41.8 Å². The van der Waals surface area contributed by atoms with Crippen LogP contribution in [0.5, 0.6) is 0 Å². The second-order valence-electron chi connectivity index (χ2n) is 6.68. The van der Waals surface area contributed by atoms with Gasteiger partial charge in [-0.25, -0.2) is 0 Å². The van der Waals surface area contributed by atoms with Gasteiger partial charge in [-0.1, -0.05) is 31.2 Å². The van der Waals surface area contributed by atoms with Crippen molar-refractivity contribution in [2.45, 2.75) is 29.3 Å². The summed E-state index contributed by atoms with van der Waals surface area (Å²) in [6, 6.07) is 12.2. The minimum Gasteiger partial charge on any atom is -0.451 e. The zero-order valence-corrected chi connectivity index (χ0v) is 17.5. The third-order valence-corrected chi connectivity index (χ3v) is 7.02. The van der Waals surface area contributed by atoms with E-state index in [4.69, 9.17) is 4.42 Å². The van der Waals surface area contributed by atoms with Crippen LogP contribution in [0.15, 0.2) is 50.4 Å². The minimum absolute atomic E-state index is 0. The summed E-state index contributed by atoms with van der Waals surface area (Å²) in [5, 5.41) is 9.67. The first kappa shape index (κ1) is 20.3. The Morgan fingerprint density at radius 3 is 2.96 bits per heavy atom. The van der Waals surface area contributed by atoms with Gasteiger partial charge in [0, 0.05) is 22.7 Å². The molecule has 1 fully saturated rings. The van der Waals surface area contributed by atoms with Gasteiger partial charge in [0.2, 0.25) is 0 Å². The fourth-order valence-corrected chi connectivity index (χ4v) is 5.19. The van der Waals surface area contributed by atoms with E-state index in [1.54, 1.807) is 23.1 Å². The van der Waals surface area contributed by atoms with Crippen LogP contribution in [0.25, 0.3) is 11.0 Å². The lowest BCUT2D eigenvalue weighted by Crippen LogP contribution is -2.48. The van der Waals surface area contributed by atoms with Crippen molar-refractivity contribution >= 4 is 52.4 Å². The molecule has 2 N–H and O–H groups in total. The molecule has 1 amide bonds. The predicted molar refractivity (Wildman–Crippen MR) is 115 cm³/mol. The van der Waals surface area contributed by atoms with Gasteiger partial charge in [0.1, 0.15) is 5.58 Å². The molecular formula is C20H23ClN2O2S2. The van der Waals surface area contributed by atoms with Crippen molar-refractivity contribution in [1.82, 2.24) is 10.6 Å². The van der Waals surface area contributed by atoms with Crippen molar-refractivity contribution in [2.24, 2.45) is 5.92 Å². The molecule has 144 valence electrons. The number of amides is 1. The summed E-state index contributed by atoms with van der Waals surface area (Å²) < 4.78 is 7.21. The molecule has 27 heavy (non-hydrogen) atoms. The van der Waals surface area contributed by atoms with Crippen LogP contribution in [0.2, 0.25) is 0 Å². The number of para-hydroxylation sites is 1. The zero-order valence-electron chi connectivity index (χ0n) is 15.1. The SMILES string of the molecule is CC1CNCCC1NC(=O)c1oc2ccccc2c1CSc1cccs1.Cl. The Labute approximate surface area is 173 Å². The number of rotatable bonds is 5. The van der Waals surface area contributed by atoms with Crippen molar-refractivity contribution in [3.05, 3.63) is 53.1 Å². The van der Waals surface area contributed by atoms with Gasteiger partial charge in [-0.15, -0.1) is 35.5 Å². The average Bonchev–Trinajstić information content (AvgIpc) is 3.29. The maximum Gasteiger partial charge on any atom is 0.287 e. The van der Waals surface area contributed by atoms with Gasteiger partial charge in [-0.05, 0) is 42.9 Å². The number of furan rings is 1. The number of thioether (sulfide) groups is 1. The summed E-state index contributed by atoms with van der Waals surface area (Å²) in [6.45, 7) is 4.05. The molecule has 1 saturated heterocycles. The minimum atomic E-state index is -0.0956. The highest BCUT2D eigenvalue weighted by Gasteiger charge is 2.27. The van der Waals surface area contributed by atoms with Crippen LogP contribution in [-0.4, -0.2) is 25.0 Å². The van der Waals surface area contributed by atoms with E-state index in [-0.39, 0.29) is 24.4 Å². The number of benzene rings is 1. The summed E-state index contributed by atoms with van der Waals surface area (Å²) in [5.74, 6) is 1.51. The highest BCUT2D eigenvalue weighted by atomic mass is 35.5. The molecule has 0 saturated carbocycles. The average molecular weight is 423 g/mol. The second-order valence-corrected chi connectivity index (χ2v) is 8.90. The smallest absolute Gasteiger partial charge is 0.287 e. The lowest BCUT2D eigenvalue weighted by atomic mass is 9.95. The van der Waals surface area contributed by atoms with Crippen LogP contribution in [0.1, 0.15) is 29.5 Å². The largest absolute Gasteiger partial charge is 0.451 e. The molecular weight excluding hydrogens is 400 g/mol. The highest BCUT2D eigenvalue weighted by Crippen LogP contribution is 2.33. The summed E-state index contributed by atoms with van der Waals surface area (Å²) in [6.07, 6.45) is 0.951.